The van der Waals surface area contributed by atoms with Crippen LogP contribution >= 0.6 is 0 Å². The number of nitrogens with one attached hydrogen (secondary N) is 3. The molecular formula is C22H19F2N5O2. The number of hydrogen-bond donors (Lipinski definition) is 3. The number of morpholine rings is 1. The molecular weight excluding hydrogens is 404 g/mol. The van der Waals surface area contributed by atoms with Crippen molar-refractivity contribution < 1.29 is 18.3 Å². The minimum atomic E-state index is -0.917. The lowest BCUT2D eigenvalue weighted by Crippen LogP contribution is -2.36. The minimum Gasteiger partial charge on any atom is -0.378 e. The molecule has 0 radical (unpaired) electrons. The van der Waals surface area contributed by atoms with Gasteiger partial charge in [0.05, 0.1) is 35.8 Å². The van der Waals surface area contributed by atoms with Gasteiger partial charge in [0.1, 0.15) is 0 Å². The molecule has 1 amide bonds. The van der Waals surface area contributed by atoms with Gasteiger partial charge in [-0.2, -0.15) is 13.8 Å². The van der Waals surface area contributed by atoms with Gasteiger partial charge in [0.2, 0.25) is 11.9 Å². The van der Waals surface area contributed by atoms with Crippen LogP contribution < -0.4 is 20.9 Å². The predicted molar refractivity (Wildman–Crippen MR) is 115 cm³/mol. The first-order chi connectivity index (χ1) is 15.0. The van der Waals surface area contributed by atoms with E-state index in [-0.39, 0.29) is 11.6 Å². The molecule has 0 atom stereocenters. The monoisotopic (exact) mass is 423 g/mol. The van der Waals surface area contributed by atoms with Crippen molar-refractivity contribution in [1.82, 2.24) is 4.98 Å². The molecule has 0 bridgehead atoms. The summed E-state index contributed by atoms with van der Waals surface area (Å²) in [5, 5.41) is 9.18. The lowest BCUT2D eigenvalue weighted by molar-refractivity contribution is 0.102. The second-order valence-electron chi connectivity index (χ2n) is 7.30. The van der Waals surface area contributed by atoms with E-state index in [1.54, 1.807) is 18.2 Å². The number of ether oxygens (including phenoxy) is 1. The highest BCUT2D eigenvalue weighted by molar-refractivity contribution is 6.12. The molecule has 9 heteroatoms. The number of aromatic nitrogens is 1. The maximum absolute atomic E-state index is 13.4. The fraction of sp³-hybridized carbons (Fsp3) is 0.182. The zero-order chi connectivity index (χ0) is 21.4. The number of fused-ring (bicyclic) bond motifs is 2. The summed E-state index contributed by atoms with van der Waals surface area (Å²) in [6.45, 7) is 2.95. The smallest absolute Gasteiger partial charge is 0.257 e. The van der Waals surface area contributed by atoms with Crippen molar-refractivity contribution in [3.63, 3.8) is 0 Å². The normalized spacial score (nSPS) is 15.3. The molecule has 3 aromatic rings. The van der Waals surface area contributed by atoms with Gasteiger partial charge in [-0.3, -0.25) is 4.79 Å². The number of benzene rings is 2. The van der Waals surface area contributed by atoms with E-state index < -0.39 is 11.9 Å². The lowest BCUT2D eigenvalue weighted by atomic mass is 10.1. The van der Waals surface area contributed by atoms with Crippen LogP contribution in [0.5, 0.6) is 0 Å². The Bertz CT molecular complexity index is 1140. The highest BCUT2D eigenvalue weighted by Gasteiger charge is 2.21. The molecule has 3 N–H and O–H groups in total. The molecule has 7 nitrogen and oxygen atoms in total. The van der Waals surface area contributed by atoms with E-state index in [1.165, 1.54) is 0 Å². The highest BCUT2D eigenvalue weighted by Crippen LogP contribution is 2.36. The van der Waals surface area contributed by atoms with Crippen LogP contribution in [0.2, 0.25) is 0 Å². The second-order valence-corrected chi connectivity index (χ2v) is 7.30. The Morgan fingerprint density at radius 1 is 0.871 bits per heavy atom. The fourth-order valence-electron chi connectivity index (χ4n) is 3.72. The molecule has 5 rings (SSSR count). The van der Waals surface area contributed by atoms with Crippen molar-refractivity contribution in [3.8, 4) is 0 Å². The van der Waals surface area contributed by atoms with Gasteiger partial charge >= 0.3 is 0 Å². The number of carbonyl (C=O) groups is 1. The van der Waals surface area contributed by atoms with Gasteiger partial charge in [0.15, 0.2) is 0 Å². The number of halogens is 2. The van der Waals surface area contributed by atoms with E-state index in [9.17, 15) is 13.6 Å². The molecule has 1 aromatic heterocycles. The number of rotatable bonds is 3. The van der Waals surface area contributed by atoms with Gasteiger partial charge in [-0.15, -0.1) is 0 Å². The first-order valence-corrected chi connectivity index (χ1v) is 9.84. The first-order valence-electron chi connectivity index (χ1n) is 9.84. The van der Waals surface area contributed by atoms with Crippen molar-refractivity contribution in [3.05, 3.63) is 66.0 Å². The van der Waals surface area contributed by atoms with Gasteiger partial charge in [0, 0.05) is 42.3 Å². The van der Waals surface area contributed by atoms with E-state index in [0.29, 0.717) is 35.8 Å². The average molecular weight is 423 g/mol. The number of hydrogen-bond acceptors (Lipinski definition) is 6. The standard InChI is InChI=1S/C22H19F2N5O2/c23-20-10-14(11-21(24)28-20)25-13-1-3-16-18(9-13)26-19-12-15(29-5-7-31-8-6-29)2-4-17(19)27-22(16)30/h1-4,9-12,26H,5-8H2,(H,25,28)(H,27,30). The third kappa shape index (κ3) is 3.99. The van der Waals surface area contributed by atoms with Gasteiger partial charge in [0.25, 0.3) is 5.91 Å². The molecule has 0 unspecified atom stereocenters. The third-order valence-corrected chi connectivity index (χ3v) is 5.21. The van der Waals surface area contributed by atoms with Crippen molar-refractivity contribution in [2.75, 3.05) is 47.2 Å². The number of amides is 1. The quantitative estimate of drug-likeness (QED) is 0.547. The zero-order valence-corrected chi connectivity index (χ0v) is 16.4. The summed E-state index contributed by atoms with van der Waals surface area (Å²) < 4.78 is 32.2. The molecule has 2 aliphatic heterocycles. The fourth-order valence-corrected chi connectivity index (χ4v) is 3.72. The van der Waals surface area contributed by atoms with E-state index in [4.69, 9.17) is 4.74 Å². The van der Waals surface area contributed by atoms with Crippen LogP contribution in [0.25, 0.3) is 0 Å². The van der Waals surface area contributed by atoms with Gasteiger partial charge in [-0.05, 0) is 36.4 Å². The molecule has 1 fully saturated rings. The molecule has 2 aromatic carbocycles. The molecule has 0 saturated carbocycles. The predicted octanol–water partition coefficient (Wildman–Crippen LogP) is 4.25. The van der Waals surface area contributed by atoms with Gasteiger partial charge in [-0.25, -0.2) is 0 Å². The van der Waals surface area contributed by atoms with Crippen LogP contribution in [0.15, 0.2) is 48.5 Å². The molecule has 31 heavy (non-hydrogen) atoms. The van der Waals surface area contributed by atoms with Gasteiger partial charge in [-0.1, -0.05) is 0 Å². The number of nitrogens with zero attached hydrogens (tertiary/aromatic N) is 2. The number of carbonyl (C=O) groups excluding carboxylic acids is 1. The van der Waals surface area contributed by atoms with Crippen LogP contribution in [-0.4, -0.2) is 37.2 Å². The summed E-state index contributed by atoms with van der Waals surface area (Å²) in [5.41, 5.74) is 4.29. The molecule has 1 saturated heterocycles. The lowest BCUT2D eigenvalue weighted by Gasteiger charge is -2.29. The van der Waals surface area contributed by atoms with Crippen LogP contribution in [0.4, 0.5) is 42.9 Å². The molecule has 3 heterocycles. The van der Waals surface area contributed by atoms with Gasteiger partial charge < -0.3 is 25.6 Å². The first kappa shape index (κ1) is 19.3. The Labute approximate surface area is 177 Å². The molecule has 2 aliphatic rings. The Balaban J connectivity index is 1.46. The number of anilines is 6. The van der Waals surface area contributed by atoms with Crippen molar-refractivity contribution in [1.29, 1.82) is 0 Å². The maximum atomic E-state index is 13.4. The average Bonchev–Trinajstić information content (AvgIpc) is 2.88. The summed E-state index contributed by atoms with van der Waals surface area (Å²) in [6, 6.07) is 13.1. The van der Waals surface area contributed by atoms with E-state index in [0.717, 1.165) is 36.6 Å². The van der Waals surface area contributed by atoms with Crippen molar-refractivity contribution in [2.45, 2.75) is 0 Å². The number of pyridine rings is 1. The molecule has 0 spiro atoms. The van der Waals surface area contributed by atoms with Crippen molar-refractivity contribution >= 4 is 40.0 Å². The largest absolute Gasteiger partial charge is 0.378 e. The highest BCUT2D eigenvalue weighted by atomic mass is 19.1. The summed E-state index contributed by atoms with van der Waals surface area (Å²) >= 11 is 0. The summed E-state index contributed by atoms with van der Waals surface area (Å²) in [5.74, 6) is -2.08. The van der Waals surface area contributed by atoms with E-state index in [1.807, 2.05) is 18.2 Å². The van der Waals surface area contributed by atoms with Crippen LogP contribution in [0.1, 0.15) is 10.4 Å². The molecule has 0 aliphatic carbocycles. The van der Waals surface area contributed by atoms with Crippen LogP contribution in [0, 0.1) is 11.9 Å². The third-order valence-electron chi connectivity index (χ3n) is 5.21. The summed E-state index contributed by atoms with van der Waals surface area (Å²) in [6.07, 6.45) is 0. The Morgan fingerprint density at radius 3 is 2.42 bits per heavy atom. The Hall–Kier alpha value is -3.72. The van der Waals surface area contributed by atoms with Crippen molar-refractivity contribution in [2.24, 2.45) is 0 Å². The molecule has 158 valence electrons. The zero-order valence-electron chi connectivity index (χ0n) is 16.4. The maximum Gasteiger partial charge on any atom is 0.257 e. The summed E-state index contributed by atoms with van der Waals surface area (Å²) in [7, 11) is 0. The van der Waals surface area contributed by atoms with E-state index in [2.05, 4.69) is 25.8 Å². The minimum absolute atomic E-state index is 0.220. The topological polar surface area (TPSA) is 78.5 Å². The Morgan fingerprint density at radius 2 is 1.65 bits per heavy atom. The SMILES string of the molecule is O=C1Nc2ccc(N3CCOCC3)cc2Nc2cc(Nc3cc(F)nc(F)c3)ccc21. The second kappa shape index (κ2) is 7.84. The van der Waals surface area contributed by atoms with Crippen LogP contribution in [-0.2, 0) is 4.74 Å². The Kier molecular flexibility index (Phi) is 4.87. The van der Waals surface area contributed by atoms with Crippen LogP contribution in [0.3, 0.4) is 0 Å². The summed E-state index contributed by atoms with van der Waals surface area (Å²) in [4.78, 5) is 18.0. The van der Waals surface area contributed by atoms with E-state index >= 15 is 0 Å².